The third kappa shape index (κ3) is 5.00. The highest BCUT2D eigenvalue weighted by molar-refractivity contribution is 5.98. The van der Waals surface area contributed by atoms with Gasteiger partial charge in [0.15, 0.2) is 5.78 Å². The van der Waals surface area contributed by atoms with Crippen LogP contribution in [0.2, 0.25) is 0 Å². The lowest BCUT2D eigenvalue weighted by Gasteiger charge is -2.22. The fourth-order valence-electron chi connectivity index (χ4n) is 2.34. The van der Waals surface area contributed by atoms with Crippen LogP contribution in [0.3, 0.4) is 0 Å². The second-order valence-electron chi connectivity index (χ2n) is 5.83. The summed E-state index contributed by atoms with van der Waals surface area (Å²) < 4.78 is 0. The summed E-state index contributed by atoms with van der Waals surface area (Å²) in [4.78, 5) is 22.1. The van der Waals surface area contributed by atoms with Crippen LogP contribution in [-0.2, 0) is 9.59 Å². The van der Waals surface area contributed by atoms with E-state index in [1.165, 1.54) is 0 Å². The van der Waals surface area contributed by atoms with Gasteiger partial charge in [-0.15, -0.1) is 0 Å². The van der Waals surface area contributed by atoms with Crippen molar-refractivity contribution in [2.24, 2.45) is 5.41 Å². The van der Waals surface area contributed by atoms with Crippen LogP contribution in [0.4, 0.5) is 0 Å². The first-order chi connectivity index (χ1) is 8.30. The number of unbranched alkanes of at least 4 members (excludes halogenated alkanes) is 1. The number of carboxylic acids is 1. The fraction of sp³-hybridized carbons (Fsp3) is 0.714. The second kappa shape index (κ2) is 6.14. The van der Waals surface area contributed by atoms with Crippen molar-refractivity contribution in [1.82, 2.24) is 0 Å². The Morgan fingerprint density at radius 2 is 2.11 bits per heavy atom. The van der Waals surface area contributed by atoms with E-state index in [-0.39, 0.29) is 24.0 Å². The van der Waals surface area contributed by atoms with Gasteiger partial charge >= 0.3 is 5.97 Å². The molecule has 0 bridgehead atoms. The molecule has 1 atom stereocenters. The number of carbonyl (C=O) groups is 2. The normalized spacial score (nSPS) is 20.1. The first-order valence-corrected chi connectivity index (χ1v) is 6.44. The molecule has 18 heavy (non-hydrogen) atoms. The quantitative estimate of drug-likeness (QED) is 0.684. The summed E-state index contributed by atoms with van der Waals surface area (Å²) in [6.45, 7) is 3.90. The van der Waals surface area contributed by atoms with E-state index in [1.54, 1.807) is 6.08 Å². The molecule has 0 amide bonds. The average Bonchev–Trinajstić information content (AvgIpc) is 2.50. The van der Waals surface area contributed by atoms with Crippen LogP contribution in [0.5, 0.6) is 0 Å². The molecule has 4 heteroatoms. The molecule has 0 fully saturated rings. The number of rotatable bonds is 7. The highest BCUT2D eigenvalue weighted by Gasteiger charge is 2.23. The second-order valence-corrected chi connectivity index (χ2v) is 5.83. The standard InChI is InChI=1S/C14H22O4/c1-14(2,9-13(17)18)6-4-3-5-10-7-11(15)8-12(10)16/h7,11,15H,3-6,8-9H2,1-2H3,(H,17,18). The molecule has 0 spiro atoms. The molecule has 1 aliphatic rings. The van der Waals surface area contributed by atoms with E-state index in [0.29, 0.717) is 6.42 Å². The van der Waals surface area contributed by atoms with Crippen molar-refractivity contribution in [3.8, 4) is 0 Å². The predicted molar refractivity (Wildman–Crippen MR) is 68.2 cm³/mol. The molecule has 1 aliphatic carbocycles. The van der Waals surface area contributed by atoms with E-state index in [1.807, 2.05) is 13.8 Å². The van der Waals surface area contributed by atoms with Gasteiger partial charge in [0.2, 0.25) is 0 Å². The van der Waals surface area contributed by atoms with Gasteiger partial charge in [0, 0.05) is 6.42 Å². The highest BCUT2D eigenvalue weighted by atomic mass is 16.4. The maximum Gasteiger partial charge on any atom is 0.303 e. The van der Waals surface area contributed by atoms with Crippen LogP contribution in [-0.4, -0.2) is 28.1 Å². The van der Waals surface area contributed by atoms with Crippen molar-refractivity contribution in [3.63, 3.8) is 0 Å². The van der Waals surface area contributed by atoms with E-state index >= 15 is 0 Å². The van der Waals surface area contributed by atoms with Gasteiger partial charge in [-0.25, -0.2) is 0 Å². The summed E-state index contributed by atoms with van der Waals surface area (Å²) >= 11 is 0. The molecule has 0 aliphatic heterocycles. The first kappa shape index (κ1) is 14.9. The summed E-state index contributed by atoms with van der Waals surface area (Å²) in [5.41, 5.74) is 0.540. The zero-order chi connectivity index (χ0) is 13.8. The van der Waals surface area contributed by atoms with Crippen molar-refractivity contribution in [1.29, 1.82) is 0 Å². The van der Waals surface area contributed by atoms with Crippen LogP contribution < -0.4 is 0 Å². The fourth-order valence-corrected chi connectivity index (χ4v) is 2.34. The summed E-state index contributed by atoms with van der Waals surface area (Å²) in [5, 5.41) is 18.1. The number of hydrogen-bond donors (Lipinski definition) is 2. The first-order valence-electron chi connectivity index (χ1n) is 6.44. The topological polar surface area (TPSA) is 74.6 Å². The third-order valence-corrected chi connectivity index (χ3v) is 3.33. The summed E-state index contributed by atoms with van der Waals surface area (Å²) in [5.74, 6) is -0.718. The minimum atomic E-state index is -0.767. The molecular formula is C14H22O4. The van der Waals surface area contributed by atoms with E-state index in [9.17, 15) is 14.7 Å². The molecule has 0 saturated carbocycles. The largest absolute Gasteiger partial charge is 0.481 e. The number of hydrogen-bond acceptors (Lipinski definition) is 3. The van der Waals surface area contributed by atoms with Crippen LogP contribution in [0, 0.1) is 5.41 Å². The van der Waals surface area contributed by atoms with E-state index in [2.05, 4.69) is 0 Å². The summed E-state index contributed by atoms with van der Waals surface area (Å²) in [6, 6.07) is 0. The van der Waals surface area contributed by atoms with Crippen molar-refractivity contribution < 1.29 is 19.8 Å². The number of aliphatic hydroxyl groups is 1. The zero-order valence-electron chi connectivity index (χ0n) is 11.1. The molecule has 2 N–H and O–H groups in total. The van der Waals surface area contributed by atoms with Crippen molar-refractivity contribution in [2.45, 2.75) is 58.5 Å². The van der Waals surface area contributed by atoms with Crippen molar-refractivity contribution >= 4 is 11.8 Å². The molecule has 0 aromatic carbocycles. The lowest BCUT2D eigenvalue weighted by atomic mass is 9.83. The van der Waals surface area contributed by atoms with E-state index < -0.39 is 12.1 Å². The molecule has 102 valence electrons. The number of Topliss-reactive ketones (excluding diaryl/α,β-unsaturated/α-hetero) is 1. The number of aliphatic hydroxyl groups excluding tert-OH is 1. The smallest absolute Gasteiger partial charge is 0.303 e. The van der Waals surface area contributed by atoms with Gasteiger partial charge in [-0.1, -0.05) is 20.3 Å². The zero-order valence-corrected chi connectivity index (χ0v) is 11.1. The van der Waals surface area contributed by atoms with Crippen molar-refractivity contribution in [3.05, 3.63) is 11.6 Å². The molecular weight excluding hydrogens is 232 g/mol. The van der Waals surface area contributed by atoms with Gasteiger partial charge in [-0.2, -0.15) is 0 Å². The maximum absolute atomic E-state index is 11.4. The Morgan fingerprint density at radius 3 is 2.61 bits per heavy atom. The van der Waals surface area contributed by atoms with Gasteiger partial charge < -0.3 is 10.2 Å². The van der Waals surface area contributed by atoms with E-state index in [4.69, 9.17) is 5.11 Å². The minimum Gasteiger partial charge on any atom is -0.481 e. The highest BCUT2D eigenvalue weighted by Crippen LogP contribution is 2.29. The Bertz CT molecular complexity index is 355. The van der Waals surface area contributed by atoms with Crippen LogP contribution >= 0.6 is 0 Å². The molecule has 0 aromatic heterocycles. The minimum absolute atomic E-state index is 0.0484. The Hall–Kier alpha value is -1.16. The molecule has 0 heterocycles. The molecule has 1 rings (SSSR count). The van der Waals surface area contributed by atoms with Gasteiger partial charge in [0.05, 0.1) is 12.5 Å². The number of carboxylic acid groups (broad SMARTS) is 1. The molecule has 0 radical (unpaired) electrons. The van der Waals surface area contributed by atoms with Crippen LogP contribution in [0.1, 0.15) is 52.4 Å². The van der Waals surface area contributed by atoms with Gasteiger partial charge in [-0.05, 0) is 36.3 Å². The lowest BCUT2D eigenvalue weighted by Crippen LogP contribution is -2.16. The number of carbonyl (C=O) groups excluding carboxylic acids is 1. The number of allylic oxidation sites excluding steroid dienone is 1. The number of aliphatic carboxylic acids is 1. The summed E-state index contributed by atoms with van der Waals surface area (Å²) in [6.07, 6.45) is 4.74. The average molecular weight is 254 g/mol. The molecule has 1 unspecified atom stereocenters. The molecule has 0 saturated heterocycles. The molecule has 4 nitrogen and oxygen atoms in total. The van der Waals surface area contributed by atoms with E-state index in [0.717, 1.165) is 24.8 Å². The van der Waals surface area contributed by atoms with Crippen LogP contribution in [0.25, 0.3) is 0 Å². The Kier molecular flexibility index (Phi) is 5.08. The number of ketones is 1. The Labute approximate surface area is 108 Å². The van der Waals surface area contributed by atoms with Gasteiger partial charge in [-0.3, -0.25) is 9.59 Å². The lowest BCUT2D eigenvalue weighted by molar-refractivity contribution is -0.139. The van der Waals surface area contributed by atoms with Crippen LogP contribution in [0.15, 0.2) is 11.6 Å². The Morgan fingerprint density at radius 1 is 1.44 bits per heavy atom. The Balaban J connectivity index is 2.25. The monoisotopic (exact) mass is 254 g/mol. The maximum atomic E-state index is 11.4. The van der Waals surface area contributed by atoms with Gasteiger partial charge in [0.1, 0.15) is 0 Å². The third-order valence-electron chi connectivity index (χ3n) is 3.33. The van der Waals surface area contributed by atoms with Crippen molar-refractivity contribution in [2.75, 3.05) is 0 Å². The molecule has 0 aromatic rings. The predicted octanol–water partition coefficient (Wildman–Crippen LogP) is 2.31. The van der Waals surface area contributed by atoms with Gasteiger partial charge in [0.25, 0.3) is 0 Å². The summed E-state index contributed by atoms with van der Waals surface area (Å²) in [7, 11) is 0. The SMILES string of the molecule is CC(C)(CCCCC1=CC(O)CC1=O)CC(=O)O.